The summed E-state index contributed by atoms with van der Waals surface area (Å²) in [7, 11) is 0. The molecule has 2 aromatic carbocycles. The van der Waals surface area contributed by atoms with Gasteiger partial charge in [0.05, 0.1) is 5.75 Å². The maximum absolute atomic E-state index is 12.7. The fourth-order valence-corrected chi connectivity index (χ4v) is 4.40. The zero-order valence-electron chi connectivity index (χ0n) is 19.6. The molecule has 3 rings (SSSR count). The van der Waals surface area contributed by atoms with Crippen LogP contribution < -0.4 is 10.1 Å². The number of benzene rings is 2. The van der Waals surface area contributed by atoms with Gasteiger partial charge in [0.25, 0.3) is 0 Å². The summed E-state index contributed by atoms with van der Waals surface area (Å²) in [6, 6.07) is 12.2. The minimum absolute atomic E-state index is 0.0376. The first-order valence-electron chi connectivity index (χ1n) is 11.1. The lowest BCUT2D eigenvalue weighted by Gasteiger charge is -2.14. The third kappa shape index (κ3) is 5.51. The lowest BCUT2D eigenvalue weighted by Crippen LogP contribution is -2.17. The molecule has 1 N–H and O–H groups in total. The number of thioether (sulfide) groups is 1. The van der Waals surface area contributed by atoms with Crippen molar-refractivity contribution in [1.82, 2.24) is 14.8 Å². The van der Waals surface area contributed by atoms with Gasteiger partial charge in [-0.15, -0.1) is 10.2 Å². The molecule has 0 bridgehead atoms. The number of rotatable bonds is 10. The molecule has 0 aliphatic carbocycles. The fourth-order valence-electron chi connectivity index (χ4n) is 3.58. The highest BCUT2D eigenvalue weighted by Gasteiger charge is 2.16. The minimum Gasteiger partial charge on any atom is -0.485 e. The summed E-state index contributed by atoms with van der Waals surface area (Å²) in [5.41, 5.74) is 5.58. The Morgan fingerprint density at radius 2 is 1.72 bits per heavy atom. The van der Waals surface area contributed by atoms with Crippen LogP contribution in [0.2, 0.25) is 0 Å². The van der Waals surface area contributed by atoms with E-state index < -0.39 is 0 Å². The number of aromatic nitrogens is 3. The first-order valence-corrected chi connectivity index (χ1v) is 12.1. The zero-order chi connectivity index (χ0) is 23.1. The van der Waals surface area contributed by atoms with Crippen LogP contribution in [-0.2, 0) is 30.8 Å². The molecular weight excluding hydrogens is 420 g/mol. The molecule has 0 unspecified atom stereocenters. The summed E-state index contributed by atoms with van der Waals surface area (Å²) in [6.07, 6.45) is 1.76. The van der Waals surface area contributed by atoms with Crippen LogP contribution in [0.4, 0.5) is 5.69 Å². The van der Waals surface area contributed by atoms with Crippen LogP contribution in [0.25, 0.3) is 0 Å². The molecule has 32 heavy (non-hydrogen) atoms. The highest BCUT2D eigenvalue weighted by Crippen LogP contribution is 2.25. The lowest BCUT2D eigenvalue weighted by molar-refractivity contribution is -0.113. The molecule has 6 nitrogen and oxygen atoms in total. The number of aryl methyl sites for hydroxylation is 3. The van der Waals surface area contributed by atoms with Crippen molar-refractivity contribution < 1.29 is 9.53 Å². The number of para-hydroxylation sites is 1. The van der Waals surface area contributed by atoms with Gasteiger partial charge in [0, 0.05) is 12.2 Å². The summed E-state index contributed by atoms with van der Waals surface area (Å²) in [4.78, 5) is 12.7. The summed E-state index contributed by atoms with van der Waals surface area (Å²) in [6.45, 7) is 11.4. The van der Waals surface area contributed by atoms with E-state index in [1.807, 2.05) is 29.7 Å². The highest BCUT2D eigenvalue weighted by molar-refractivity contribution is 7.99. The van der Waals surface area contributed by atoms with Gasteiger partial charge in [0.15, 0.2) is 11.0 Å². The number of anilines is 1. The Balaban J connectivity index is 1.64. The molecule has 0 fully saturated rings. The third-order valence-corrected chi connectivity index (χ3v) is 6.58. The second-order valence-corrected chi connectivity index (χ2v) is 8.57. The SMILES string of the molecule is CCc1cccc(CC)c1NC(=O)CSc1nnc(COc2cccc(C)c2C)n1CC. The maximum Gasteiger partial charge on any atom is 0.234 e. The monoisotopic (exact) mass is 452 g/mol. The number of hydrogen-bond acceptors (Lipinski definition) is 5. The van der Waals surface area contributed by atoms with E-state index in [1.54, 1.807) is 0 Å². The molecule has 0 saturated heterocycles. The van der Waals surface area contributed by atoms with Crippen LogP contribution in [0.15, 0.2) is 41.6 Å². The van der Waals surface area contributed by atoms with E-state index in [0.29, 0.717) is 13.2 Å². The minimum atomic E-state index is -0.0376. The fraction of sp³-hybridized carbons (Fsp3) is 0.400. The second kappa shape index (κ2) is 11.2. The topological polar surface area (TPSA) is 69.0 Å². The van der Waals surface area contributed by atoms with Crippen molar-refractivity contribution in [3.05, 3.63) is 64.5 Å². The largest absolute Gasteiger partial charge is 0.485 e. The van der Waals surface area contributed by atoms with Gasteiger partial charge in [-0.25, -0.2) is 0 Å². The zero-order valence-corrected chi connectivity index (χ0v) is 20.4. The summed E-state index contributed by atoms with van der Waals surface area (Å²) >= 11 is 1.40. The predicted molar refractivity (Wildman–Crippen MR) is 130 cm³/mol. The normalized spacial score (nSPS) is 10.9. The molecular formula is C25H32N4O2S. The molecule has 0 radical (unpaired) electrons. The van der Waals surface area contributed by atoms with Crippen molar-refractivity contribution in [1.29, 1.82) is 0 Å². The summed E-state index contributed by atoms with van der Waals surface area (Å²) < 4.78 is 8.00. The first-order chi connectivity index (χ1) is 15.5. The van der Waals surface area contributed by atoms with Crippen LogP contribution in [0.3, 0.4) is 0 Å². The van der Waals surface area contributed by atoms with Crippen molar-refractivity contribution in [2.24, 2.45) is 0 Å². The molecule has 0 saturated carbocycles. The van der Waals surface area contributed by atoms with E-state index in [4.69, 9.17) is 4.74 Å². The van der Waals surface area contributed by atoms with Crippen molar-refractivity contribution in [3.8, 4) is 5.75 Å². The van der Waals surface area contributed by atoms with E-state index in [1.165, 1.54) is 17.3 Å². The molecule has 1 heterocycles. The van der Waals surface area contributed by atoms with Crippen molar-refractivity contribution in [2.75, 3.05) is 11.1 Å². The molecule has 0 aliphatic heterocycles. The van der Waals surface area contributed by atoms with Gasteiger partial charge < -0.3 is 14.6 Å². The number of ether oxygens (including phenoxy) is 1. The van der Waals surface area contributed by atoms with Crippen LogP contribution in [0, 0.1) is 13.8 Å². The number of carbonyl (C=O) groups excluding carboxylic acids is 1. The van der Waals surface area contributed by atoms with Gasteiger partial charge in [-0.2, -0.15) is 0 Å². The smallest absolute Gasteiger partial charge is 0.234 e. The standard InChI is InChI=1S/C25H32N4O2S/c1-6-19-12-10-13-20(7-2)24(19)26-23(30)16-32-25-28-27-22(29(25)8-3)15-31-21-14-9-11-17(4)18(21)5/h9-14H,6-8,15-16H2,1-5H3,(H,26,30). The first kappa shape index (κ1) is 23.9. The van der Waals surface area contributed by atoms with Gasteiger partial charge in [-0.1, -0.05) is 55.9 Å². The molecule has 170 valence electrons. The molecule has 1 aromatic heterocycles. The van der Waals surface area contributed by atoms with Gasteiger partial charge >= 0.3 is 0 Å². The number of carbonyl (C=O) groups is 1. The lowest BCUT2D eigenvalue weighted by atomic mass is 10.0. The average molecular weight is 453 g/mol. The van der Waals surface area contributed by atoms with Crippen LogP contribution in [0.5, 0.6) is 5.75 Å². The van der Waals surface area contributed by atoms with Gasteiger partial charge in [0.1, 0.15) is 12.4 Å². The Hall–Kier alpha value is -2.80. The van der Waals surface area contributed by atoms with Crippen LogP contribution in [0.1, 0.15) is 48.8 Å². The third-order valence-electron chi connectivity index (χ3n) is 5.62. The van der Waals surface area contributed by atoms with Crippen LogP contribution in [-0.4, -0.2) is 26.4 Å². The van der Waals surface area contributed by atoms with E-state index in [0.717, 1.165) is 51.9 Å². The van der Waals surface area contributed by atoms with Gasteiger partial charge in [-0.05, 0) is 61.9 Å². The molecule has 0 atom stereocenters. The Morgan fingerprint density at radius 3 is 2.38 bits per heavy atom. The van der Waals surface area contributed by atoms with Crippen molar-refractivity contribution in [2.45, 2.75) is 65.8 Å². The van der Waals surface area contributed by atoms with Crippen molar-refractivity contribution in [3.63, 3.8) is 0 Å². The maximum atomic E-state index is 12.7. The van der Waals surface area contributed by atoms with Gasteiger partial charge in [0.2, 0.25) is 5.91 Å². The molecule has 3 aromatic rings. The van der Waals surface area contributed by atoms with E-state index in [9.17, 15) is 4.79 Å². The number of nitrogens with one attached hydrogen (secondary N) is 1. The molecule has 7 heteroatoms. The Bertz CT molecular complexity index is 1060. The number of hydrogen-bond donors (Lipinski definition) is 1. The Kier molecular flexibility index (Phi) is 8.33. The second-order valence-electron chi connectivity index (χ2n) is 7.63. The number of amides is 1. The quantitative estimate of drug-likeness (QED) is 0.420. The van der Waals surface area contributed by atoms with Crippen molar-refractivity contribution >= 4 is 23.4 Å². The Labute approximate surface area is 194 Å². The number of nitrogens with zero attached hydrogens (tertiary/aromatic N) is 3. The van der Waals surface area contributed by atoms with Gasteiger partial charge in [-0.3, -0.25) is 4.79 Å². The van der Waals surface area contributed by atoms with Crippen LogP contribution >= 0.6 is 11.8 Å². The predicted octanol–water partition coefficient (Wildman–Crippen LogP) is 5.35. The average Bonchev–Trinajstić information content (AvgIpc) is 3.20. The van der Waals surface area contributed by atoms with E-state index >= 15 is 0 Å². The van der Waals surface area contributed by atoms with E-state index in [2.05, 4.69) is 61.4 Å². The highest BCUT2D eigenvalue weighted by atomic mass is 32.2. The Morgan fingerprint density at radius 1 is 1.03 bits per heavy atom. The summed E-state index contributed by atoms with van der Waals surface area (Å²) in [5.74, 6) is 1.84. The summed E-state index contributed by atoms with van der Waals surface area (Å²) in [5, 5.41) is 12.4. The molecule has 0 spiro atoms. The molecule has 0 aliphatic rings. The van der Waals surface area contributed by atoms with E-state index in [-0.39, 0.29) is 11.7 Å². The molecule has 1 amide bonds.